The molecule has 0 radical (unpaired) electrons. The molecule has 1 aromatic rings. The minimum atomic E-state index is -0.262. The first kappa shape index (κ1) is 13.9. The molecule has 104 valence electrons. The normalized spacial score (nSPS) is 24.5. The zero-order chi connectivity index (χ0) is 13.8. The van der Waals surface area contributed by atoms with Crippen LogP contribution >= 0.6 is 0 Å². The molecule has 0 aromatic heterocycles. The van der Waals surface area contributed by atoms with Gasteiger partial charge >= 0.3 is 0 Å². The van der Waals surface area contributed by atoms with E-state index in [-0.39, 0.29) is 18.6 Å². The van der Waals surface area contributed by atoms with E-state index in [9.17, 15) is 9.90 Å². The number of nitrogens with zero attached hydrogens (tertiary/aromatic N) is 2. The van der Waals surface area contributed by atoms with Gasteiger partial charge in [-0.05, 0) is 24.5 Å². The molecule has 1 fully saturated rings. The van der Waals surface area contributed by atoms with E-state index >= 15 is 0 Å². The molecule has 19 heavy (non-hydrogen) atoms. The van der Waals surface area contributed by atoms with Gasteiger partial charge in [0.2, 0.25) is 5.91 Å². The van der Waals surface area contributed by atoms with Crippen molar-refractivity contribution in [3.8, 4) is 0 Å². The first-order valence-corrected chi connectivity index (χ1v) is 6.81. The fourth-order valence-corrected chi connectivity index (χ4v) is 2.77. The lowest BCUT2D eigenvalue weighted by Crippen LogP contribution is -2.45. The third-order valence-electron chi connectivity index (χ3n) is 3.62. The van der Waals surface area contributed by atoms with Crippen molar-refractivity contribution in [2.45, 2.75) is 19.4 Å². The molecule has 0 saturated carbocycles. The number of aliphatic hydroxyl groups excluding tert-OH is 1. The average Bonchev–Trinajstić information content (AvgIpc) is 2.52. The number of likely N-dealkylation sites (N-methyl/N-ethyl adjacent to an activating group) is 1. The largest absolute Gasteiger partial charge is 0.396 e. The molecule has 1 saturated heterocycles. The molecule has 1 aromatic carbocycles. The Kier molecular flexibility index (Phi) is 4.43. The van der Waals surface area contributed by atoms with Crippen LogP contribution in [0.2, 0.25) is 0 Å². The average molecular weight is 262 g/mol. The molecular weight excluding hydrogens is 240 g/mol. The summed E-state index contributed by atoms with van der Waals surface area (Å²) < 4.78 is 0. The van der Waals surface area contributed by atoms with Crippen LogP contribution in [0.1, 0.15) is 13.3 Å². The molecule has 1 N–H and O–H groups in total. The van der Waals surface area contributed by atoms with Crippen LogP contribution in [0, 0.1) is 5.92 Å². The molecule has 4 heteroatoms. The van der Waals surface area contributed by atoms with Gasteiger partial charge in [-0.15, -0.1) is 0 Å². The zero-order valence-corrected chi connectivity index (χ0v) is 11.6. The second-order valence-electron chi connectivity index (χ2n) is 5.34. The lowest BCUT2D eigenvalue weighted by Gasteiger charge is -2.31. The molecule has 4 nitrogen and oxygen atoms in total. The van der Waals surface area contributed by atoms with Crippen molar-refractivity contribution in [1.82, 2.24) is 4.90 Å². The van der Waals surface area contributed by atoms with Crippen LogP contribution < -0.4 is 4.90 Å². The summed E-state index contributed by atoms with van der Waals surface area (Å²) in [5.74, 6) is 0.514. The number of amides is 1. The summed E-state index contributed by atoms with van der Waals surface area (Å²) in [6.07, 6.45) is 0.477. The van der Waals surface area contributed by atoms with Crippen LogP contribution in [0.15, 0.2) is 30.3 Å². The van der Waals surface area contributed by atoms with Crippen LogP contribution in [0.4, 0.5) is 5.69 Å². The molecule has 0 spiro atoms. The highest BCUT2D eigenvalue weighted by molar-refractivity contribution is 5.85. The number of rotatable bonds is 3. The van der Waals surface area contributed by atoms with Gasteiger partial charge in [0.05, 0.1) is 0 Å². The van der Waals surface area contributed by atoms with Gasteiger partial charge in [0.15, 0.2) is 0 Å². The van der Waals surface area contributed by atoms with Crippen LogP contribution in [0.5, 0.6) is 0 Å². The summed E-state index contributed by atoms with van der Waals surface area (Å²) in [4.78, 5) is 16.4. The molecule has 2 atom stereocenters. The van der Waals surface area contributed by atoms with Crippen molar-refractivity contribution in [2.75, 3.05) is 31.6 Å². The Morgan fingerprint density at radius 3 is 2.58 bits per heavy atom. The number of benzene rings is 1. The minimum Gasteiger partial charge on any atom is -0.396 e. The number of hydrogen-bond acceptors (Lipinski definition) is 3. The second-order valence-corrected chi connectivity index (χ2v) is 5.34. The van der Waals surface area contributed by atoms with Gasteiger partial charge in [-0.3, -0.25) is 4.79 Å². The Hall–Kier alpha value is -1.55. The Balaban J connectivity index is 2.33. The Labute approximate surface area is 114 Å². The van der Waals surface area contributed by atoms with Crippen LogP contribution in [-0.2, 0) is 4.79 Å². The smallest absolute Gasteiger partial charge is 0.245 e. The van der Waals surface area contributed by atoms with Gasteiger partial charge in [-0.1, -0.05) is 25.1 Å². The van der Waals surface area contributed by atoms with Crippen molar-refractivity contribution in [3.05, 3.63) is 30.3 Å². The Morgan fingerprint density at radius 1 is 1.26 bits per heavy atom. The number of carbonyl (C=O) groups is 1. The molecule has 1 amide bonds. The van der Waals surface area contributed by atoms with E-state index in [0.29, 0.717) is 12.3 Å². The standard InChI is InChI=1S/C15H22N2O2/c1-12-10-16(2)15(19)14(8-9-18)17(11-12)13-6-4-3-5-7-13/h3-7,12,14,18H,8-11H2,1-2H3. The number of aliphatic hydroxyl groups is 1. The van der Waals surface area contributed by atoms with Crippen LogP contribution in [-0.4, -0.2) is 48.7 Å². The predicted molar refractivity (Wildman–Crippen MR) is 76.1 cm³/mol. The van der Waals surface area contributed by atoms with Crippen LogP contribution in [0.3, 0.4) is 0 Å². The van der Waals surface area contributed by atoms with Gasteiger partial charge < -0.3 is 14.9 Å². The summed E-state index contributed by atoms with van der Waals surface area (Å²) in [6.45, 7) is 3.79. The van der Waals surface area contributed by atoms with Gasteiger partial charge in [0.25, 0.3) is 0 Å². The van der Waals surface area contributed by atoms with Crippen molar-refractivity contribution in [1.29, 1.82) is 0 Å². The molecule has 1 aliphatic rings. The Bertz CT molecular complexity index is 421. The maximum Gasteiger partial charge on any atom is 0.245 e. The number of para-hydroxylation sites is 1. The van der Waals surface area contributed by atoms with E-state index in [2.05, 4.69) is 11.8 Å². The van der Waals surface area contributed by atoms with E-state index in [0.717, 1.165) is 18.8 Å². The van der Waals surface area contributed by atoms with Crippen molar-refractivity contribution >= 4 is 11.6 Å². The van der Waals surface area contributed by atoms with Gasteiger partial charge in [-0.2, -0.15) is 0 Å². The highest BCUT2D eigenvalue weighted by Crippen LogP contribution is 2.24. The lowest BCUT2D eigenvalue weighted by atomic mass is 10.1. The summed E-state index contributed by atoms with van der Waals surface area (Å²) in [5, 5.41) is 9.25. The van der Waals surface area contributed by atoms with Crippen molar-refractivity contribution in [3.63, 3.8) is 0 Å². The summed E-state index contributed by atoms with van der Waals surface area (Å²) in [6, 6.07) is 9.72. The SMILES string of the molecule is CC1CN(C)C(=O)C(CCO)N(c2ccccc2)C1. The van der Waals surface area contributed by atoms with E-state index in [1.165, 1.54) is 0 Å². The molecule has 2 unspecified atom stereocenters. The highest BCUT2D eigenvalue weighted by atomic mass is 16.3. The quantitative estimate of drug-likeness (QED) is 0.894. The van der Waals surface area contributed by atoms with E-state index in [1.54, 1.807) is 4.90 Å². The summed E-state index contributed by atoms with van der Waals surface area (Å²) in [5.41, 5.74) is 1.05. The summed E-state index contributed by atoms with van der Waals surface area (Å²) >= 11 is 0. The number of carbonyl (C=O) groups excluding carboxylic acids is 1. The zero-order valence-electron chi connectivity index (χ0n) is 11.6. The molecule has 0 aliphatic carbocycles. The Morgan fingerprint density at radius 2 is 1.95 bits per heavy atom. The monoisotopic (exact) mass is 262 g/mol. The number of hydrogen-bond donors (Lipinski definition) is 1. The van der Waals surface area contributed by atoms with Gasteiger partial charge in [0, 0.05) is 32.4 Å². The molecule has 1 heterocycles. The molecular formula is C15H22N2O2. The minimum absolute atomic E-state index is 0.0297. The number of anilines is 1. The third-order valence-corrected chi connectivity index (χ3v) is 3.62. The molecule has 0 bridgehead atoms. The third kappa shape index (κ3) is 3.07. The first-order chi connectivity index (χ1) is 9.13. The van der Waals surface area contributed by atoms with Crippen molar-refractivity contribution < 1.29 is 9.90 Å². The highest BCUT2D eigenvalue weighted by Gasteiger charge is 2.33. The predicted octanol–water partition coefficient (Wildman–Crippen LogP) is 1.35. The fourth-order valence-electron chi connectivity index (χ4n) is 2.77. The lowest BCUT2D eigenvalue weighted by molar-refractivity contribution is -0.131. The maximum absolute atomic E-state index is 12.4. The maximum atomic E-state index is 12.4. The molecule has 1 aliphatic heterocycles. The van der Waals surface area contributed by atoms with Gasteiger partial charge in [-0.25, -0.2) is 0 Å². The topological polar surface area (TPSA) is 43.8 Å². The van der Waals surface area contributed by atoms with Gasteiger partial charge in [0.1, 0.15) is 6.04 Å². The van der Waals surface area contributed by atoms with Crippen molar-refractivity contribution in [2.24, 2.45) is 5.92 Å². The molecule has 2 rings (SSSR count). The van der Waals surface area contributed by atoms with E-state index < -0.39 is 0 Å². The van der Waals surface area contributed by atoms with E-state index in [1.807, 2.05) is 37.4 Å². The van der Waals surface area contributed by atoms with E-state index in [4.69, 9.17) is 0 Å². The second kappa shape index (κ2) is 6.06. The van der Waals surface area contributed by atoms with Crippen LogP contribution in [0.25, 0.3) is 0 Å². The fraction of sp³-hybridized carbons (Fsp3) is 0.533. The first-order valence-electron chi connectivity index (χ1n) is 6.81. The summed E-state index contributed by atoms with van der Waals surface area (Å²) in [7, 11) is 1.84.